The third-order valence-corrected chi connectivity index (χ3v) is 3.94. The largest absolute Gasteiger partial charge is 0.326 e. The number of rotatable bonds is 4. The first kappa shape index (κ1) is 16.4. The molecule has 118 valence electrons. The first-order valence-corrected chi connectivity index (χ1v) is 6.99. The molecule has 0 aliphatic carbocycles. The standard InChI is InChI=1S/C14H18N6O.ClH/c1-9(11-7-15-8-11)14(21)16-12-5-3-4-10(6-12)13-17-18-19-20(13)2;/h3-6,9,11,15H,7-8H2,1-2H3,(H,16,21);1H. The van der Waals surface area contributed by atoms with Crippen LogP contribution in [-0.4, -0.2) is 39.2 Å². The van der Waals surface area contributed by atoms with Gasteiger partial charge in [-0.3, -0.25) is 4.79 Å². The van der Waals surface area contributed by atoms with Crippen molar-refractivity contribution in [2.24, 2.45) is 18.9 Å². The zero-order valence-electron chi connectivity index (χ0n) is 12.5. The number of nitrogens with zero attached hydrogens (tertiary/aromatic N) is 4. The molecule has 7 nitrogen and oxygen atoms in total. The number of aryl methyl sites for hydroxylation is 1. The molecule has 0 radical (unpaired) electrons. The Labute approximate surface area is 134 Å². The van der Waals surface area contributed by atoms with Crippen LogP contribution in [-0.2, 0) is 11.8 Å². The van der Waals surface area contributed by atoms with Crippen molar-refractivity contribution in [3.05, 3.63) is 24.3 Å². The van der Waals surface area contributed by atoms with Gasteiger partial charge in [0.15, 0.2) is 5.82 Å². The Bertz CT molecular complexity index is 654. The lowest BCUT2D eigenvalue weighted by atomic mass is 9.88. The summed E-state index contributed by atoms with van der Waals surface area (Å²) in [5.74, 6) is 1.15. The number of tetrazole rings is 1. The van der Waals surface area contributed by atoms with Gasteiger partial charge in [0.2, 0.25) is 5.91 Å². The van der Waals surface area contributed by atoms with Crippen LogP contribution in [0.3, 0.4) is 0 Å². The van der Waals surface area contributed by atoms with Crippen molar-refractivity contribution >= 4 is 24.0 Å². The number of anilines is 1. The maximum atomic E-state index is 12.2. The lowest BCUT2D eigenvalue weighted by molar-refractivity contribution is -0.121. The number of amides is 1. The Morgan fingerprint density at radius 2 is 2.23 bits per heavy atom. The van der Waals surface area contributed by atoms with Crippen LogP contribution in [0.2, 0.25) is 0 Å². The highest BCUT2D eigenvalue weighted by Gasteiger charge is 2.28. The molecule has 1 aromatic heterocycles. The minimum Gasteiger partial charge on any atom is -0.326 e. The summed E-state index contributed by atoms with van der Waals surface area (Å²) in [5, 5.41) is 17.6. The zero-order chi connectivity index (χ0) is 14.8. The number of hydrogen-bond donors (Lipinski definition) is 2. The lowest BCUT2D eigenvalue weighted by Crippen LogP contribution is -2.48. The molecular formula is C14H19ClN6O. The van der Waals surface area contributed by atoms with Crippen molar-refractivity contribution in [2.45, 2.75) is 6.92 Å². The van der Waals surface area contributed by atoms with Gasteiger partial charge in [-0.15, -0.1) is 17.5 Å². The molecule has 0 spiro atoms. The van der Waals surface area contributed by atoms with Gasteiger partial charge < -0.3 is 10.6 Å². The average Bonchev–Trinajstić information content (AvgIpc) is 2.83. The van der Waals surface area contributed by atoms with Gasteiger partial charge in [0.1, 0.15) is 0 Å². The van der Waals surface area contributed by atoms with Crippen molar-refractivity contribution in [3.8, 4) is 11.4 Å². The van der Waals surface area contributed by atoms with Gasteiger partial charge in [-0.05, 0) is 41.6 Å². The minimum atomic E-state index is 0. The van der Waals surface area contributed by atoms with E-state index < -0.39 is 0 Å². The van der Waals surface area contributed by atoms with Crippen LogP contribution in [0.25, 0.3) is 11.4 Å². The fraction of sp³-hybridized carbons (Fsp3) is 0.429. The predicted molar refractivity (Wildman–Crippen MR) is 85.6 cm³/mol. The number of nitrogens with one attached hydrogen (secondary N) is 2. The van der Waals surface area contributed by atoms with Gasteiger partial charge in [0.25, 0.3) is 0 Å². The normalized spacial score (nSPS) is 15.5. The molecular weight excluding hydrogens is 304 g/mol. The van der Waals surface area contributed by atoms with Crippen LogP contribution >= 0.6 is 12.4 Å². The molecule has 22 heavy (non-hydrogen) atoms. The van der Waals surface area contributed by atoms with Crippen molar-refractivity contribution in [1.82, 2.24) is 25.5 Å². The van der Waals surface area contributed by atoms with Crippen molar-refractivity contribution in [2.75, 3.05) is 18.4 Å². The molecule has 1 aliphatic rings. The molecule has 2 aromatic rings. The highest BCUT2D eigenvalue weighted by molar-refractivity contribution is 5.93. The summed E-state index contributed by atoms with van der Waals surface area (Å²) in [6, 6.07) is 7.56. The number of carbonyl (C=O) groups is 1. The summed E-state index contributed by atoms with van der Waals surface area (Å²) in [6.45, 7) is 3.80. The predicted octanol–water partition coefficient (Wildman–Crippen LogP) is 1.09. The van der Waals surface area contributed by atoms with Gasteiger partial charge in [0.05, 0.1) is 0 Å². The number of benzene rings is 1. The van der Waals surface area contributed by atoms with Crippen molar-refractivity contribution in [3.63, 3.8) is 0 Å². The van der Waals surface area contributed by atoms with Crippen LogP contribution in [0.4, 0.5) is 5.69 Å². The third-order valence-electron chi connectivity index (χ3n) is 3.94. The second kappa shape index (κ2) is 6.85. The molecule has 1 saturated heterocycles. The Morgan fingerprint density at radius 1 is 1.45 bits per heavy atom. The first-order valence-electron chi connectivity index (χ1n) is 6.99. The molecule has 0 bridgehead atoms. The van der Waals surface area contributed by atoms with Crippen LogP contribution in [0, 0.1) is 11.8 Å². The van der Waals surface area contributed by atoms with Gasteiger partial charge in [-0.25, -0.2) is 4.68 Å². The Kier molecular flexibility index (Phi) is 5.10. The lowest BCUT2D eigenvalue weighted by Gasteiger charge is -2.31. The highest BCUT2D eigenvalue weighted by atomic mass is 35.5. The van der Waals surface area contributed by atoms with E-state index in [0.29, 0.717) is 11.7 Å². The molecule has 2 heterocycles. The van der Waals surface area contributed by atoms with E-state index in [0.717, 1.165) is 24.3 Å². The molecule has 0 saturated carbocycles. The smallest absolute Gasteiger partial charge is 0.227 e. The summed E-state index contributed by atoms with van der Waals surface area (Å²) in [7, 11) is 1.78. The van der Waals surface area contributed by atoms with Crippen LogP contribution in [0.15, 0.2) is 24.3 Å². The molecule has 8 heteroatoms. The number of hydrogen-bond acceptors (Lipinski definition) is 5. The van der Waals surface area contributed by atoms with E-state index >= 15 is 0 Å². The number of carbonyl (C=O) groups excluding carboxylic acids is 1. The molecule has 3 rings (SSSR count). The molecule has 1 amide bonds. The van der Waals surface area contributed by atoms with Gasteiger partial charge in [-0.2, -0.15) is 0 Å². The Hall–Kier alpha value is -1.99. The average molecular weight is 323 g/mol. The number of halogens is 1. The molecule has 1 atom stereocenters. The summed E-state index contributed by atoms with van der Waals surface area (Å²) >= 11 is 0. The Morgan fingerprint density at radius 3 is 2.82 bits per heavy atom. The summed E-state index contributed by atoms with van der Waals surface area (Å²) < 4.78 is 1.60. The second-order valence-corrected chi connectivity index (χ2v) is 5.40. The van der Waals surface area contributed by atoms with Gasteiger partial charge >= 0.3 is 0 Å². The third kappa shape index (κ3) is 3.26. The monoisotopic (exact) mass is 322 g/mol. The van der Waals surface area contributed by atoms with Crippen molar-refractivity contribution in [1.29, 1.82) is 0 Å². The fourth-order valence-electron chi connectivity index (χ4n) is 2.34. The van der Waals surface area contributed by atoms with E-state index in [1.807, 2.05) is 31.2 Å². The van der Waals surface area contributed by atoms with Gasteiger partial charge in [-0.1, -0.05) is 19.1 Å². The Balaban J connectivity index is 0.00000176. The van der Waals surface area contributed by atoms with E-state index in [9.17, 15) is 4.79 Å². The number of aromatic nitrogens is 4. The summed E-state index contributed by atoms with van der Waals surface area (Å²) in [6.07, 6.45) is 0. The van der Waals surface area contributed by atoms with Crippen LogP contribution in [0.1, 0.15) is 6.92 Å². The zero-order valence-corrected chi connectivity index (χ0v) is 13.3. The van der Waals surface area contributed by atoms with Crippen LogP contribution in [0.5, 0.6) is 0 Å². The summed E-state index contributed by atoms with van der Waals surface area (Å²) in [4.78, 5) is 12.2. The van der Waals surface area contributed by atoms with Gasteiger partial charge in [0, 0.05) is 24.2 Å². The maximum absolute atomic E-state index is 12.2. The summed E-state index contributed by atoms with van der Waals surface area (Å²) in [5.41, 5.74) is 1.64. The molecule has 1 unspecified atom stereocenters. The SMILES string of the molecule is CC(C(=O)Nc1cccc(-c2nnnn2C)c1)C1CNC1.Cl. The minimum absolute atomic E-state index is 0. The first-order chi connectivity index (χ1) is 10.1. The van der Waals surface area contributed by atoms with E-state index in [4.69, 9.17) is 0 Å². The second-order valence-electron chi connectivity index (χ2n) is 5.40. The van der Waals surface area contributed by atoms with Crippen LogP contribution < -0.4 is 10.6 Å². The van der Waals surface area contributed by atoms with E-state index in [1.165, 1.54) is 0 Å². The molecule has 2 N–H and O–H groups in total. The highest BCUT2D eigenvalue weighted by Crippen LogP contribution is 2.22. The van der Waals surface area contributed by atoms with E-state index in [2.05, 4.69) is 26.2 Å². The topological polar surface area (TPSA) is 84.7 Å². The van der Waals surface area contributed by atoms with E-state index in [1.54, 1.807) is 11.7 Å². The maximum Gasteiger partial charge on any atom is 0.227 e. The quantitative estimate of drug-likeness (QED) is 0.880. The molecule has 1 aliphatic heterocycles. The molecule has 1 fully saturated rings. The van der Waals surface area contributed by atoms with E-state index in [-0.39, 0.29) is 24.2 Å². The van der Waals surface area contributed by atoms with Crippen molar-refractivity contribution < 1.29 is 4.79 Å². The molecule has 1 aromatic carbocycles. The fourth-order valence-corrected chi connectivity index (χ4v) is 2.34.